The number of sulfonamides is 1. The van der Waals surface area contributed by atoms with Crippen molar-refractivity contribution in [3.8, 4) is 0 Å². The number of benzene rings is 1. The van der Waals surface area contributed by atoms with Crippen molar-refractivity contribution in [2.45, 2.75) is 38.6 Å². The van der Waals surface area contributed by atoms with Crippen molar-refractivity contribution in [2.24, 2.45) is 5.92 Å². The van der Waals surface area contributed by atoms with Gasteiger partial charge in [0.15, 0.2) is 0 Å². The molecule has 1 aromatic carbocycles. The second kappa shape index (κ2) is 7.38. The molecule has 0 saturated carbocycles. The maximum atomic E-state index is 12.3. The summed E-state index contributed by atoms with van der Waals surface area (Å²) in [6.45, 7) is 5.92. The van der Waals surface area contributed by atoms with Crippen LogP contribution in [0.25, 0.3) is 0 Å². The predicted molar refractivity (Wildman–Crippen MR) is 86.8 cm³/mol. The fourth-order valence-corrected chi connectivity index (χ4v) is 4.68. The minimum Gasteiger partial charge on any atom is -0.317 e. The molecule has 4 nitrogen and oxygen atoms in total. The fraction of sp³-hybridized carbons (Fsp3) is 0.625. The zero-order chi connectivity index (χ0) is 15.3. The van der Waals surface area contributed by atoms with E-state index in [-0.39, 0.29) is 17.7 Å². The van der Waals surface area contributed by atoms with Gasteiger partial charge in [-0.2, -0.15) is 0 Å². The van der Waals surface area contributed by atoms with Gasteiger partial charge in [0.2, 0.25) is 10.0 Å². The number of nitrogens with one attached hydrogen (secondary N) is 2. The van der Waals surface area contributed by atoms with Gasteiger partial charge in [0.1, 0.15) is 0 Å². The first-order valence-electron chi connectivity index (χ1n) is 7.73. The van der Waals surface area contributed by atoms with Crippen LogP contribution in [0.4, 0.5) is 0 Å². The van der Waals surface area contributed by atoms with Crippen molar-refractivity contribution < 1.29 is 8.42 Å². The average Bonchev–Trinajstić information content (AvgIpc) is 2.48. The molecule has 1 heterocycles. The molecule has 118 valence electrons. The third kappa shape index (κ3) is 5.09. The van der Waals surface area contributed by atoms with Crippen LogP contribution in [0.2, 0.25) is 0 Å². The van der Waals surface area contributed by atoms with E-state index in [4.69, 9.17) is 0 Å². The lowest BCUT2D eigenvalue weighted by Gasteiger charge is -2.29. The largest absolute Gasteiger partial charge is 0.317 e. The fourth-order valence-electron chi connectivity index (χ4n) is 2.98. The van der Waals surface area contributed by atoms with Crippen LogP contribution in [0.15, 0.2) is 30.3 Å². The second-order valence-electron chi connectivity index (χ2n) is 6.09. The number of hydrogen-bond acceptors (Lipinski definition) is 3. The van der Waals surface area contributed by atoms with Gasteiger partial charge in [0.25, 0.3) is 0 Å². The highest BCUT2D eigenvalue weighted by atomic mass is 32.2. The van der Waals surface area contributed by atoms with Crippen molar-refractivity contribution in [1.82, 2.24) is 10.0 Å². The molecule has 1 saturated heterocycles. The van der Waals surface area contributed by atoms with Crippen LogP contribution in [0.5, 0.6) is 0 Å². The topological polar surface area (TPSA) is 58.2 Å². The molecule has 2 atom stereocenters. The van der Waals surface area contributed by atoms with Crippen LogP contribution in [0.3, 0.4) is 0 Å². The summed E-state index contributed by atoms with van der Waals surface area (Å²) in [6, 6.07) is 9.82. The summed E-state index contributed by atoms with van der Waals surface area (Å²) in [4.78, 5) is 0. The highest BCUT2D eigenvalue weighted by molar-refractivity contribution is 7.89. The van der Waals surface area contributed by atoms with E-state index in [0.717, 1.165) is 31.5 Å². The molecule has 1 aromatic rings. The Labute approximate surface area is 128 Å². The van der Waals surface area contributed by atoms with Crippen molar-refractivity contribution in [3.05, 3.63) is 35.9 Å². The minimum absolute atomic E-state index is 0.00363. The Hall–Kier alpha value is -0.910. The van der Waals surface area contributed by atoms with Gasteiger partial charge in [-0.1, -0.05) is 37.3 Å². The molecular weight excluding hydrogens is 284 g/mol. The van der Waals surface area contributed by atoms with Crippen LogP contribution in [-0.2, 0) is 10.0 Å². The van der Waals surface area contributed by atoms with E-state index in [1.54, 1.807) is 0 Å². The van der Waals surface area contributed by atoms with E-state index in [2.05, 4.69) is 10.0 Å². The summed E-state index contributed by atoms with van der Waals surface area (Å²) in [6.07, 6.45) is 2.08. The molecule has 0 spiro atoms. The first-order chi connectivity index (χ1) is 9.98. The van der Waals surface area contributed by atoms with Crippen molar-refractivity contribution >= 4 is 10.0 Å². The lowest BCUT2D eigenvalue weighted by atomic mass is 9.92. The Bertz CT molecular complexity index is 524. The van der Waals surface area contributed by atoms with E-state index in [0.29, 0.717) is 5.92 Å². The zero-order valence-electron chi connectivity index (χ0n) is 12.9. The second-order valence-corrected chi connectivity index (χ2v) is 7.89. The third-order valence-electron chi connectivity index (χ3n) is 4.29. The summed E-state index contributed by atoms with van der Waals surface area (Å²) >= 11 is 0. The summed E-state index contributed by atoms with van der Waals surface area (Å²) < 4.78 is 27.6. The van der Waals surface area contributed by atoms with Gasteiger partial charge >= 0.3 is 0 Å². The smallest absolute Gasteiger partial charge is 0.212 e. The van der Waals surface area contributed by atoms with Gasteiger partial charge in [0, 0.05) is 6.04 Å². The Kier molecular flexibility index (Phi) is 5.79. The van der Waals surface area contributed by atoms with Gasteiger partial charge in [-0.3, -0.25) is 0 Å². The number of piperidine rings is 1. The van der Waals surface area contributed by atoms with Gasteiger partial charge in [-0.25, -0.2) is 13.1 Å². The molecule has 0 radical (unpaired) electrons. The maximum Gasteiger partial charge on any atom is 0.212 e. The highest BCUT2D eigenvalue weighted by Crippen LogP contribution is 2.19. The predicted octanol–water partition coefficient (Wildman–Crippen LogP) is 2.10. The van der Waals surface area contributed by atoms with E-state index >= 15 is 0 Å². The van der Waals surface area contributed by atoms with Gasteiger partial charge in [-0.15, -0.1) is 0 Å². The normalized spacial score (nSPS) is 20.1. The minimum atomic E-state index is -3.25. The summed E-state index contributed by atoms with van der Waals surface area (Å²) in [5, 5.41) is 3.31. The Morgan fingerprint density at radius 1 is 1.19 bits per heavy atom. The lowest BCUT2D eigenvalue weighted by molar-refractivity contribution is 0.316. The first-order valence-corrected chi connectivity index (χ1v) is 9.39. The quantitative estimate of drug-likeness (QED) is 0.846. The molecule has 2 rings (SSSR count). The van der Waals surface area contributed by atoms with Crippen LogP contribution in [-0.4, -0.2) is 33.3 Å². The number of rotatable bonds is 6. The molecule has 0 bridgehead atoms. The SMILES string of the molecule is CC(CS(=O)(=O)NC(C)C1CCNCC1)c1ccccc1. The van der Waals surface area contributed by atoms with E-state index in [1.165, 1.54) is 0 Å². The summed E-state index contributed by atoms with van der Waals surface area (Å²) in [7, 11) is -3.25. The zero-order valence-corrected chi connectivity index (χ0v) is 13.7. The highest BCUT2D eigenvalue weighted by Gasteiger charge is 2.25. The Balaban J connectivity index is 1.92. The summed E-state index contributed by atoms with van der Waals surface area (Å²) in [5.74, 6) is 0.587. The van der Waals surface area contributed by atoms with Crippen molar-refractivity contribution in [3.63, 3.8) is 0 Å². The molecule has 1 aliphatic rings. The third-order valence-corrected chi connectivity index (χ3v) is 5.96. The Morgan fingerprint density at radius 3 is 2.43 bits per heavy atom. The molecule has 0 amide bonds. The molecule has 0 aliphatic carbocycles. The monoisotopic (exact) mass is 310 g/mol. The van der Waals surface area contributed by atoms with E-state index in [1.807, 2.05) is 44.2 Å². The van der Waals surface area contributed by atoms with E-state index < -0.39 is 10.0 Å². The molecule has 5 heteroatoms. The lowest BCUT2D eigenvalue weighted by Crippen LogP contribution is -2.43. The van der Waals surface area contributed by atoms with Crippen molar-refractivity contribution in [1.29, 1.82) is 0 Å². The van der Waals surface area contributed by atoms with Crippen LogP contribution in [0, 0.1) is 5.92 Å². The van der Waals surface area contributed by atoms with Gasteiger partial charge in [0.05, 0.1) is 5.75 Å². The molecule has 2 N–H and O–H groups in total. The van der Waals surface area contributed by atoms with Crippen LogP contribution >= 0.6 is 0 Å². The average molecular weight is 310 g/mol. The van der Waals surface area contributed by atoms with E-state index in [9.17, 15) is 8.42 Å². The van der Waals surface area contributed by atoms with Gasteiger partial charge < -0.3 is 5.32 Å². The summed E-state index contributed by atoms with van der Waals surface area (Å²) in [5.41, 5.74) is 1.07. The van der Waals surface area contributed by atoms with Gasteiger partial charge in [-0.05, 0) is 50.3 Å². The molecular formula is C16H26N2O2S. The molecule has 1 fully saturated rings. The first kappa shape index (κ1) is 16.5. The van der Waals surface area contributed by atoms with Crippen LogP contribution in [0.1, 0.15) is 38.2 Å². The number of hydrogen-bond donors (Lipinski definition) is 2. The molecule has 1 aliphatic heterocycles. The maximum absolute atomic E-state index is 12.3. The standard InChI is InChI=1S/C16H26N2O2S/c1-13(15-6-4-3-5-7-15)12-21(19,20)18-14(2)16-8-10-17-11-9-16/h3-7,13-14,16-18H,8-12H2,1-2H3. The molecule has 2 unspecified atom stereocenters. The molecule has 21 heavy (non-hydrogen) atoms. The molecule has 0 aromatic heterocycles. The van der Waals surface area contributed by atoms with Crippen LogP contribution < -0.4 is 10.0 Å². The Morgan fingerprint density at radius 2 is 1.81 bits per heavy atom. The van der Waals surface area contributed by atoms with Crippen molar-refractivity contribution in [2.75, 3.05) is 18.8 Å².